The summed E-state index contributed by atoms with van der Waals surface area (Å²) in [5, 5.41) is 0. The number of alkyl halides is 3. The maximum absolute atomic E-state index is 12.4. The Morgan fingerprint density at radius 2 is 1.89 bits per heavy atom. The Bertz CT molecular complexity index is 496. The van der Waals surface area contributed by atoms with E-state index in [1.165, 1.54) is 0 Å². The minimum Gasteiger partial charge on any atom is -0.330 e. The minimum absolute atomic E-state index is 0.0845. The predicted molar refractivity (Wildman–Crippen MR) is 56.9 cm³/mol. The Morgan fingerprint density at radius 3 is 2.56 bits per heavy atom. The maximum Gasteiger partial charge on any atom is 0.471 e. The summed E-state index contributed by atoms with van der Waals surface area (Å²) < 4.78 is 37.1. The number of carbonyl (C=O) groups is 2. The number of carbonyl (C=O) groups excluding carboxylic acids is 2. The molecule has 6 heteroatoms. The molecule has 1 amide bonds. The number of halogens is 3. The third-order valence-electron chi connectivity index (χ3n) is 2.82. The first-order chi connectivity index (χ1) is 8.39. The average Bonchev–Trinajstić information content (AvgIpc) is 2.47. The zero-order valence-corrected chi connectivity index (χ0v) is 9.33. The van der Waals surface area contributed by atoms with Gasteiger partial charge in [0, 0.05) is 25.1 Å². The van der Waals surface area contributed by atoms with Crippen molar-refractivity contribution in [1.82, 2.24) is 4.90 Å². The Labute approximate surface area is 101 Å². The van der Waals surface area contributed by atoms with Crippen molar-refractivity contribution in [2.75, 3.05) is 6.54 Å². The fraction of sp³-hybridized carbons (Fsp3) is 0.333. The predicted octanol–water partition coefficient (Wildman–Crippen LogP) is 2.16. The van der Waals surface area contributed by atoms with E-state index < -0.39 is 12.1 Å². The van der Waals surface area contributed by atoms with E-state index in [0.29, 0.717) is 16.0 Å². The molecule has 0 aromatic heterocycles. The summed E-state index contributed by atoms with van der Waals surface area (Å²) >= 11 is 0. The summed E-state index contributed by atoms with van der Waals surface area (Å²) in [4.78, 5) is 23.6. The lowest BCUT2D eigenvalue weighted by Gasteiger charge is -2.21. The van der Waals surface area contributed by atoms with Crippen molar-refractivity contribution in [3.05, 3.63) is 35.4 Å². The second kappa shape index (κ2) is 4.44. The first kappa shape index (κ1) is 12.6. The van der Waals surface area contributed by atoms with Crippen LogP contribution in [0.1, 0.15) is 22.3 Å². The van der Waals surface area contributed by atoms with Crippen molar-refractivity contribution >= 4 is 11.7 Å². The molecule has 0 atom stereocenters. The van der Waals surface area contributed by atoms with E-state index in [1.807, 2.05) is 0 Å². The van der Waals surface area contributed by atoms with Crippen molar-refractivity contribution in [2.24, 2.45) is 0 Å². The molecule has 1 aliphatic rings. The van der Waals surface area contributed by atoms with Gasteiger partial charge in [-0.2, -0.15) is 13.2 Å². The molecule has 96 valence electrons. The zero-order chi connectivity index (χ0) is 13.3. The number of hydrogen-bond donors (Lipinski definition) is 0. The Morgan fingerprint density at radius 1 is 1.22 bits per heavy atom. The Kier molecular flexibility index (Phi) is 3.11. The largest absolute Gasteiger partial charge is 0.471 e. The van der Waals surface area contributed by atoms with E-state index in [9.17, 15) is 22.8 Å². The normalized spacial score (nSPS) is 16.2. The molecular weight excluding hydrogens is 247 g/mol. The van der Waals surface area contributed by atoms with E-state index in [4.69, 9.17) is 0 Å². The average molecular weight is 257 g/mol. The number of Topliss-reactive ketones (excluding diaryl/α,β-unsaturated/α-hetero) is 1. The summed E-state index contributed by atoms with van der Waals surface area (Å²) in [7, 11) is 0. The van der Waals surface area contributed by atoms with Crippen molar-refractivity contribution in [3.63, 3.8) is 0 Å². The van der Waals surface area contributed by atoms with E-state index in [2.05, 4.69) is 0 Å². The summed E-state index contributed by atoms with van der Waals surface area (Å²) in [6, 6.07) is 6.42. The molecule has 1 aromatic rings. The van der Waals surface area contributed by atoms with Gasteiger partial charge in [-0.15, -0.1) is 0 Å². The van der Waals surface area contributed by atoms with E-state index >= 15 is 0 Å². The van der Waals surface area contributed by atoms with Crippen LogP contribution in [0.2, 0.25) is 0 Å². The lowest BCUT2D eigenvalue weighted by Crippen LogP contribution is -2.40. The van der Waals surface area contributed by atoms with E-state index in [-0.39, 0.29) is 25.3 Å². The van der Waals surface area contributed by atoms with Gasteiger partial charge in [-0.05, 0) is 5.56 Å². The van der Waals surface area contributed by atoms with Crippen molar-refractivity contribution in [1.29, 1.82) is 0 Å². The third-order valence-corrected chi connectivity index (χ3v) is 2.82. The summed E-state index contributed by atoms with van der Waals surface area (Å²) in [5.74, 6) is -2.13. The lowest BCUT2D eigenvalue weighted by molar-refractivity contribution is -0.186. The van der Waals surface area contributed by atoms with Crippen LogP contribution in [-0.2, 0) is 11.3 Å². The molecule has 0 bridgehead atoms. The van der Waals surface area contributed by atoms with Crippen LogP contribution in [0.15, 0.2) is 24.3 Å². The number of rotatable bonds is 0. The Hall–Kier alpha value is -1.85. The first-order valence-electron chi connectivity index (χ1n) is 5.37. The highest BCUT2D eigenvalue weighted by atomic mass is 19.4. The number of nitrogens with zero attached hydrogens (tertiary/aromatic N) is 1. The van der Waals surface area contributed by atoms with Gasteiger partial charge in [-0.1, -0.05) is 24.3 Å². The SMILES string of the molecule is O=C1CCN(C(=O)C(F)(F)F)Cc2ccccc21. The highest BCUT2D eigenvalue weighted by molar-refractivity contribution is 5.98. The lowest BCUT2D eigenvalue weighted by atomic mass is 10.0. The highest BCUT2D eigenvalue weighted by Crippen LogP contribution is 2.24. The maximum atomic E-state index is 12.4. The molecule has 3 nitrogen and oxygen atoms in total. The molecule has 18 heavy (non-hydrogen) atoms. The molecule has 0 N–H and O–H groups in total. The molecular formula is C12H10F3NO2. The van der Waals surface area contributed by atoms with Gasteiger partial charge < -0.3 is 4.90 Å². The van der Waals surface area contributed by atoms with E-state index in [1.54, 1.807) is 24.3 Å². The smallest absolute Gasteiger partial charge is 0.330 e. The number of fused-ring (bicyclic) bond motifs is 1. The molecule has 0 saturated heterocycles. The van der Waals surface area contributed by atoms with Crippen LogP contribution in [0.5, 0.6) is 0 Å². The summed E-state index contributed by atoms with van der Waals surface area (Å²) in [5.41, 5.74) is 0.854. The van der Waals surface area contributed by atoms with Crippen molar-refractivity contribution in [3.8, 4) is 0 Å². The molecule has 0 radical (unpaired) electrons. The van der Waals surface area contributed by atoms with Gasteiger partial charge in [-0.25, -0.2) is 0 Å². The molecule has 0 aliphatic carbocycles. The first-order valence-corrected chi connectivity index (χ1v) is 5.37. The second-order valence-corrected chi connectivity index (χ2v) is 4.05. The van der Waals surface area contributed by atoms with Crippen molar-refractivity contribution in [2.45, 2.75) is 19.1 Å². The molecule has 0 unspecified atom stereocenters. The van der Waals surface area contributed by atoms with Crippen LogP contribution in [0, 0.1) is 0 Å². The quantitative estimate of drug-likeness (QED) is 0.714. The molecule has 1 aromatic carbocycles. The summed E-state index contributed by atoms with van der Waals surface area (Å²) in [6.45, 7) is -0.383. The van der Waals surface area contributed by atoms with Gasteiger partial charge in [0.05, 0.1) is 0 Å². The van der Waals surface area contributed by atoms with Crippen LogP contribution in [0.25, 0.3) is 0 Å². The van der Waals surface area contributed by atoms with Gasteiger partial charge in [0.2, 0.25) is 0 Å². The molecule has 2 rings (SSSR count). The number of benzene rings is 1. The fourth-order valence-electron chi connectivity index (χ4n) is 1.94. The molecule has 1 heterocycles. The van der Waals surface area contributed by atoms with Crippen LogP contribution in [-0.4, -0.2) is 29.3 Å². The molecule has 0 saturated carbocycles. The number of amides is 1. The van der Waals surface area contributed by atoms with Crippen LogP contribution in [0.3, 0.4) is 0 Å². The number of ketones is 1. The third kappa shape index (κ3) is 2.37. The summed E-state index contributed by atoms with van der Waals surface area (Å²) in [6.07, 6.45) is -4.98. The topological polar surface area (TPSA) is 37.4 Å². The highest BCUT2D eigenvalue weighted by Gasteiger charge is 2.43. The molecule has 0 spiro atoms. The van der Waals surface area contributed by atoms with Gasteiger partial charge in [0.1, 0.15) is 0 Å². The van der Waals surface area contributed by atoms with E-state index in [0.717, 1.165) is 0 Å². The van der Waals surface area contributed by atoms with Crippen LogP contribution >= 0.6 is 0 Å². The van der Waals surface area contributed by atoms with Crippen LogP contribution < -0.4 is 0 Å². The molecule has 0 fully saturated rings. The monoisotopic (exact) mass is 257 g/mol. The zero-order valence-electron chi connectivity index (χ0n) is 9.33. The fourth-order valence-corrected chi connectivity index (χ4v) is 1.94. The van der Waals surface area contributed by atoms with Crippen LogP contribution in [0.4, 0.5) is 13.2 Å². The van der Waals surface area contributed by atoms with Gasteiger partial charge in [0.15, 0.2) is 5.78 Å². The van der Waals surface area contributed by atoms with Gasteiger partial charge >= 0.3 is 12.1 Å². The second-order valence-electron chi connectivity index (χ2n) is 4.05. The van der Waals surface area contributed by atoms with Crippen molar-refractivity contribution < 1.29 is 22.8 Å². The standard InChI is InChI=1S/C12H10F3NO2/c13-12(14,15)11(18)16-6-5-10(17)9-4-2-1-3-8(9)7-16/h1-4H,5-7H2. The minimum atomic E-state index is -4.90. The molecule has 1 aliphatic heterocycles. The number of hydrogen-bond acceptors (Lipinski definition) is 2. The van der Waals surface area contributed by atoms with Gasteiger partial charge in [0.25, 0.3) is 0 Å². The van der Waals surface area contributed by atoms with Gasteiger partial charge in [-0.3, -0.25) is 9.59 Å². The Balaban J connectivity index is 2.31.